The van der Waals surface area contributed by atoms with Crippen LogP contribution in [0.1, 0.15) is 26.3 Å². The first-order valence-electron chi connectivity index (χ1n) is 10.3. The summed E-state index contributed by atoms with van der Waals surface area (Å²) in [6.07, 6.45) is 4.13. The van der Waals surface area contributed by atoms with Crippen molar-refractivity contribution in [2.75, 3.05) is 39.3 Å². The molecule has 2 N–H and O–H groups in total. The first kappa shape index (κ1) is 21.8. The summed E-state index contributed by atoms with van der Waals surface area (Å²) in [5.41, 5.74) is 1.10. The molecule has 0 spiro atoms. The van der Waals surface area contributed by atoms with Gasteiger partial charge in [-0.25, -0.2) is 4.99 Å². The standard InChI is InChI=1S/C22H35N5O/c1-4-23-22(24-13-16-27-14-9-10-15-27)25-19-20-11-7-8-12-21(20)28-18-17-26(5-2)6-3/h7-12,14-15H,4-6,13,16-19H2,1-3H3,(H2,23,24,25). The molecule has 0 saturated heterocycles. The molecule has 0 radical (unpaired) electrons. The van der Waals surface area contributed by atoms with Gasteiger partial charge in [0.15, 0.2) is 5.96 Å². The molecule has 1 heterocycles. The maximum Gasteiger partial charge on any atom is 0.191 e. The average Bonchev–Trinajstić information content (AvgIpc) is 3.24. The van der Waals surface area contributed by atoms with E-state index in [9.17, 15) is 0 Å². The number of aromatic nitrogens is 1. The zero-order valence-corrected chi connectivity index (χ0v) is 17.5. The Hall–Kier alpha value is -2.47. The van der Waals surface area contributed by atoms with Crippen LogP contribution in [0.2, 0.25) is 0 Å². The lowest BCUT2D eigenvalue weighted by molar-refractivity contribution is 0.221. The first-order chi connectivity index (χ1) is 13.8. The maximum absolute atomic E-state index is 6.04. The molecule has 1 aromatic heterocycles. The van der Waals surface area contributed by atoms with Crippen molar-refractivity contribution in [3.05, 3.63) is 54.4 Å². The highest BCUT2D eigenvalue weighted by atomic mass is 16.5. The molecule has 0 aliphatic carbocycles. The summed E-state index contributed by atoms with van der Waals surface area (Å²) >= 11 is 0. The van der Waals surface area contributed by atoms with Crippen LogP contribution in [0, 0.1) is 0 Å². The minimum atomic E-state index is 0.584. The monoisotopic (exact) mass is 385 g/mol. The minimum Gasteiger partial charge on any atom is -0.492 e. The third-order valence-electron chi connectivity index (χ3n) is 4.61. The first-order valence-corrected chi connectivity index (χ1v) is 10.3. The van der Waals surface area contributed by atoms with Crippen LogP contribution in [0.3, 0.4) is 0 Å². The van der Waals surface area contributed by atoms with Crippen LogP contribution >= 0.6 is 0 Å². The molecule has 0 aliphatic heterocycles. The molecule has 0 fully saturated rings. The van der Waals surface area contributed by atoms with Gasteiger partial charge in [0, 0.05) is 44.1 Å². The summed E-state index contributed by atoms with van der Waals surface area (Å²) in [7, 11) is 0. The van der Waals surface area contributed by atoms with Crippen molar-refractivity contribution in [1.82, 2.24) is 20.1 Å². The van der Waals surface area contributed by atoms with E-state index in [2.05, 4.69) is 59.3 Å². The van der Waals surface area contributed by atoms with Gasteiger partial charge in [0.25, 0.3) is 0 Å². The SMILES string of the molecule is CCNC(=NCc1ccccc1OCCN(CC)CC)NCCn1cccc1. The van der Waals surface area contributed by atoms with Crippen molar-refractivity contribution in [3.63, 3.8) is 0 Å². The van der Waals surface area contributed by atoms with Crippen molar-refractivity contribution >= 4 is 5.96 Å². The molecule has 2 rings (SSSR count). The highest BCUT2D eigenvalue weighted by Crippen LogP contribution is 2.18. The van der Waals surface area contributed by atoms with Crippen LogP contribution in [0.4, 0.5) is 0 Å². The molecule has 6 nitrogen and oxygen atoms in total. The number of nitrogens with zero attached hydrogens (tertiary/aromatic N) is 3. The van der Waals surface area contributed by atoms with Crippen molar-refractivity contribution in [2.45, 2.75) is 33.9 Å². The lowest BCUT2D eigenvalue weighted by Crippen LogP contribution is -2.38. The lowest BCUT2D eigenvalue weighted by atomic mass is 10.2. The summed E-state index contributed by atoms with van der Waals surface area (Å²) in [5, 5.41) is 6.70. The molecule has 0 saturated carbocycles. The number of nitrogens with one attached hydrogen (secondary N) is 2. The lowest BCUT2D eigenvalue weighted by Gasteiger charge is -2.19. The molecule has 6 heteroatoms. The molecule has 0 amide bonds. The van der Waals surface area contributed by atoms with Gasteiger partial charge < -0.3 is 24.8 Å². The number of hydrogen-bond acceptors (Lipinski definition) is 3. The van der Waals surface area contributed by atoms with E-state index in [1.165, 1.54) is 0 Å². The third kappa shape index (κ3) is 7.64. The predicted octanol–water partition coefficient (Wildman–Crippen LogP) is 2.96. The van der Waals surface area contributed by atoms with Crippen LogP contribution < -0.4 is 15.4 Å². The van der Waals surface area contributed by atoms with E-state index in [-0.39, 0.29) is 0 Å². The van der Waals surface area contributed by atoms with Gasteiger partial charge in [0.2, 0.25) is 0 Å². The van der Waals surface area contributed by atoms with E-state index in [1.54, 1.807) is 0 Å². The van der Waals surface area contributed by atoms with Crippen LogP contribution in [0.5, 0.6) is 5.75 Å². The fourth-order valence-electron chi connectivity index (χ4n) is 2.93. The second-order valence-electron chi connectivity index (χ2n) is 6.53. The van der Waals surface area contributed by atoms with Gasteiger partial charge in [-0.05, 0) is 38.2 Å². The summed E-state index contributed by atoms with van der Waals surface area (Å²) in [6.45, 7) is 13.3. The number of rotatable bonds is 12. The van der Waals surface area contributed by atoms with Crippen LogP contribution in [-0.4, -0.2) is 54.8 Å². The van der Waals surface area contributed by atoms with Crippen LogP contribution in [-0.2, 0) is 13.1 Å². The van der Waals surface area contributed by atoms with Crippen molar-refractivity contribution < 1.29 is 4.74 Å². The van der Waals surface area contributed by atoms with E-state index < -0.39 is 0 Å². The Morgan fingerprint density at radius 3 is 2.50 bits per heavy atom. The van der Waals surface area contributed by atoms with E-state index in [4.69, 9.17) is 9.73 Å². The predicted molar refractivity (Wildman–Crippen MR) is 117 cm³/mol. The van der Waals surface area contributed by atoms with E-state index >= 15 is 0 Å². The molecule has 0 aliphatic rings. The number of aliphatic imine (C=N–C) groups is 1. The molecular formula is C22H35N5O. The van der Waals surface area contributed by atoms with Crippen molar-refractivity contribution in [3.8, 4) is 5.75 Å². The summed E-state index contributed by atoms with van der Waals surface area (Å²) in [6, 6.07) is 12.2. The van der Waals surface area contributed by atoms with Crippen molar-refractivity contribution in [2.24, 2.45) is 4.99 Å². The van der Waals surface area contributed by atoms with Gasteiger partial charge in [-0.1, -0.05) is 32.0 Å². The highest BCUT2D eigenvalue weighted by Gasteiger charge is 2.05. The van der Waals surface area contributed by atoms with Gasteiger partial charge in [0.05, 0.1) is 6.54 Å². The number of benzene rings is 1. The fraction of sp³-hybridized carbons (Fsp3) is 0.500. The summed E-state index contributed by atoms with van der Waals surface area (Å²) in [5.74, 6) is 1.74. The average molecular weight is 386 g/mol. The van der Waals surface area contributed by atoms with E-state index in [0.717, 1.165) is 56.5 Å². The van der Waals surface area contributed by atoms with Gasteiger partial charge >= 0.3 is 0 Å². The normalized spacial score (nSPS) is 11.6. The Morgan fingerprint density at radius 1 is 1.04 bits per heavy atom. The maximum atomic E-state index is 6.04. The van der Waals surface area contributed by atoms with Gasteiger partial charge in [0.1, 0.15) is 12.4 Å². The van der Waals surface area contributed by atoms with E-state index in [0.29, 0.717) is 13.2 Å². The summed E-state index contributed by atoms with van der Waals surface area (Å²) < 4.78 is 8.19. The molecule has 28 heavy (non-hydrogen) atoms. The Labute approximate surface area is 169 Å². The molecule has 2 aromatic rings. The number of para-hydroxylation sites is 1. The number of likely N-dealkylation sites (N-methyl/N-ethyl adjacent to an activating group) is 1. The number of hydrogen-bond donors (Lipinski definition) is 2. The second kappa shape index (κ2) is 12.8. The number of guanidine groups is 1. The molecule has 0 bridgehead atoms. The zero-order chi connectivity index (χ0) is 20.0. The number of ether oxygens (including phenoxy) is 1. The highest BCUT2D eigenvalue weighted by molar-refractivity contribution is 5.79. The Kier molecular flexibility index (Phi) is 10.0. The molecule has 0 unspecified atom stereocenters. The topological polar surface area (TPSA) is 53.8 Å². The minimum absolute atomic E-state index is 0.584. The van der Waals surface area contributed by atoms with Crippen LogP contribution in [0.15, 0.2) is 53.8 Å². The fourth-order valence-corrected chi connectivity index (χ4v) is 2.93. The smallest absolute Gasteiger partial charge is 0.191 e. The largest absolute Gasteiger partial charge is 0.492 e. The van der Waals surface area contributed by atoms with Gasteiger partial charge in [-0.2, -0.15) is 0 Å². The molecule has 154 valence electrons. The molecule has 0 atom stereocenters. The third-order valence-corrected chi connectivity index (χ3v) is 4.61. The Balaban J connectivity index is 1.89. The van der Waals surface area contributed by atoms with Crippen LogP contribution in [0.25, 0.3) is 0 Å². The quantitative estimate of drug-likeness (QED) is 0.436. The molecule has 1 aromatic carbocycles. The van der Waals surface area contributed by atoms with E-state index in [1.807, 2.05) is 30.3 Å². The summed E-state index contributed by atoms with van der Waals surface area (Å²) in [4.78, 5) is 7.09. The second-order valence-corrected chi connectivity index (χ2v) is 6.53. The Morgan fingerprint density at radius 2 is 1.79 bits per heavy atom. The zero-order valence-electron chi connectivity index (χ0n) is 17.5. The van der Waals surface area contributed by atoms with Gasteiger partial charge in [-0.15, -0.1) is 0 Å². The van der Waals surface area contributed by atoms with Gasteiger partial charge in [-0.3, -0.25) is 0 Å². The molecular weight excluding hydrogens is 350 g/mol. The Bertz CT molecular complexity index is 680. The van der Waals surface area contributed by atoms with Crippen molar-refractivity contribution in [1.29, 1.82) is 0 Å².